The summed E-state index contributed by atoms with van der Waals surface area (Å²) in [6.45, 7) is 8.98. The number of carbonyl (C=O) groups excluding carboxylic acids is 3. The quantitative estimate of drug-likeness (QED) is 0.702. The average molecular weight is 355 g/mol. The van der Waals surface area contributed by atoms with Gasteiger partial charge in [0.25, 0.3) is 0 Å². The van der Waals surface area contributed by atoms with E-state index in [1.54, 1.807) is 16.7 Å². The zero-order valence-electron chi connectivity index (χ0n) is 15.4. The fourth-order valence-corrected chi connectivity index (χ4v) is 3.24. The van der Waals surface area contributed by atoms with E-state index in [1.807, 2.05) is 20.8 Å². The van der Waals surface area contributed by atoms with Gasteiger partial charge in [0.05, 0.1) is 17.9 Å². The number of aliphatic hydroxyl groups excluding tert-OH is 1. The van der Waals surface area contributed by atoms with E-state index in [-0.39, 0.29) is 42.4 Å². The second-order valence-electron chi connectivity index (χ2n) is 7.73. The molecule has 0 unspecified atom stereocenters. The minimum Gasteiger partial charge on any atom is -0.444 e. The van der Waals surface area contributed by atoms with Crippen LogP contribution in [0.25, 0.3) is 0 Å². The molecule has 0 aromatic carbocycles. The van der Waals surface area contributed by atoms with Crippen LogP contribution in [0.5, 0.6) is 0 Å². The molecule has 0 aromatic rings. The highest BCUT2D eigenvalue weighted by Crippen LogP contribution is 2.26. The number of hydrogen-bond donors (Lipinski definition) is 2. The summed E-state index contributed by atoms with van der Waals surface area (Å²) in [5.74, 6) is -0.778. The van der Waals surface area contributed by atoms with Crippen LogP contribution in [0, 0.1) is 11.8 Å². The highest BCUT2D eigenvalue weighted by molar-refractivity contribution is 5.89. The highest BCUT2D eigenvalue weighted by Gasteiger charge is 2.45. The minimum absolute atomic E-state index is 0.0308. The summed E-state index contributed by atoms with van der Waals surface area (Å²) < 4.78 is 5.35. The summed E-state index contributed by atoms with van der Waals surface area (Å²) in [4.78, 5) is 39.6. The van der Waals surface area contributed by atoms with Crippen LogP contribution in [-0.2, 0) is 14.3 Å². The maximum Gasteiger partial charge on any atom is 0.410 e. The molecule has 8 nitrogen and oxygen atoms in total. The third-order valence-electron chi connectivity index (χ3n) is 4.69. The molecule has 142 valence electrons. The van der Waals surface area contributed by atoms with Crippen molar-refractivity contribution in [2.75, 3.05) is 32.8 Å². The predicted octanol–water partition coefficient (Wildman–Crippen LogP) is 0.199. The lowest BCUT2D eigenvalue weighted by atomic mass is 9.79. The van der Waals surface area contributed by atoms with Crippen molar-refractivity contribution < 1.29 is 24.2 Å². The van der Waals surface area contributed by atoms with Crippen molar-refractivity contribution in [3.05, 3.63) is 0 Å². The van der Waals surface area contributed by atoms with Crippen molar-refractivity contribution in [2.45, 2.75) is 45.8 Å². The van der Waals surface area contributed by atoms with Crippen molar-refractivity contribution in [2.24, 2.45) is 11.8 Å². The monoisotopic (exact) mass is 355 g/mol. The largest absolute Gasteiger partial charge is 0.444 e. The van der Waals surface area contributed by atoms with Gasteiger partial charge in [-0.25, -0.2) is 4.79 Å². The number of amides is 3. The minimum atomic E-state index is -0.539. The second kappa shape index (κ2) is 7.59. The van der Waals surface area contributed by atoms with Crippen LogP contribution >= 0.6 is 0 Å². The third-order valence-corrected chi connectivity index (χ3v) is 4.69. The van der Waals surface area contributed by atoms with Crippen LogP contribution in [0.2, 0.25) is 0 Å². The standard InChI is InChI=1S/C17H29N3O5/c1-11(13-12(5-10-21)14(22)18-13)15(23)19-6-8-20(9-7-19)16(24)25-17(2,3)4/h11-13,21H,5-10H2,1-4H3,(H,18,22)/t11-,12+,13-/m1/s1. The molecule has 2 saturated heterocycles. The van der Waals surface area contributed by atoms with E-state index >= 15 is 0 Å². The summed E-state index contributed by atoms with van der Waals surface area (Å²) in [6.07, 6.45) is 0.0162. The molecule has 2 aliphatic rings. The maximum absolute atomic E-state index is 12.7. The van der Waals surface area contributed by atoms with Gasteiger partial charge in [-0.05, 0) is 27.2 Å². The van der Waals surface area contributed by atoms with E-state index in [2.05, 4.69) is 5.32 Å². The fourth-order valence-electron chi connectivity index (χ4n) is 3.24. The first kappa shape index (κ1) is 19.5. The van der Waals surface area contributed by atoms with Crippen LogP contribution in [0.1, 0.15) is 34.1 Å². The van der Waals surface area contributed by atoms with Gasteiger partial charge in [0.1, 0.15) is 5.60 Å². The molecule has 0 saturated carbocycles. The molecule has 0 spiro atoms. The van der Waals surface area contributed by atoms with E-state index in [9.17, 15) is 14.4 Å². The Morgan fingerprint density at radius 1 is 1.24 bits per heavy atom. The molecule has 0 aliphatic carbocycles. The molecule has 0 radical (unpaired) electrons. The molecular weight excluding hydrogens is 326 g/mol. The van der Waals surface area contributed by atoms with Crippen LogP contribution in [0.4, 0.5) is 4.79 Å². The van der Waals surface area contributed by atoms with Crippen molar-refractivity contribution in [1.82, 2.24) is 15.1 Å². The van der Waals surface area contributed by atoms with Gasteiger partial charge in [0, 0.05) is 32.8 Å². The molecule has 0 aromatic heterocycles. The average Bonchev–Trinajstić information content (AvgIpc) is 2.54. The topological polar surface area (TPSA) is 99.2 Å². The number of carbonyl (C=O) groups is 3. The summed E-state index contributed by atoms with van der Waals surface area (Å²) in [6, 6.07) is -0.226. The number of β-lactam (4-membered cyclic amide) rings is 1. The van der Waals surface area contributed by atoms with Gasteiger partial charge < -0.3 is 25.0 Å². The molecule has 2 rings (SSSR count). The van der Waals surface area contributed by atoms with Gasteiger partial charge in [-0.3, -0.25) is 9.59 Å². The molecule has 2 aliphatic heterocycles. The first-order valence-corrected chi connectivity index (χ1v) is 8.82. The summed E-state index contributed by atoms with van der Waals surface area (Å²) in [5, 5.41) is 11.8. The first-order valence-electron chi connectivity index (χ1n) is 8.82. The van der Waals surface area contributed by atoms with Crippen molar-refractivity contribution in [3.8, 4) is 0 Å². The summed E-state index contributed by atoms with van der Waals surface area (Å²) >= 11 is 0. The Bertz CT molecular complexity index is 523. The lowest BCUT2D eigenvalue weighted by molar-refractivity contribution is -0.145. The number of aliphatic hydroxyl groups is 1. The van der Waals surface area contributed by atoms with Crippen LogP contribution in [0.15, 0.2) is 0 Å². The van der Waals surface area contributed by atoms with E-state index in [4.69, 9.17) is 9.84 Å². The smallest absolute Gasteiger partial charge is 0.410 e. The SMILES string of the molecule is C[C@@H](C(=O)N1CCN(C(=O)OC(C)(C)C)CC1)[C@H]1NC(=O)[C@H]1CCO. The third kappa shape index (κ3) is 4.62. The predicted molar refractivity (Wildman–Crippen MR) is 90.7 cm³/mol. The second-order valence-corrected chi connectivity index (χ2v) is 7.73. The highest BCUT2D eigenvalue weighted by atomic mass is 16.6. The van der Waals surface area contributed by atoms with E-state index < -0.39 is 5.60 Å². The molecule has 2 N–H and O–H groups in total. The Morgan fingerprint density at radius 2 is 1.80 bits per heavy atom. The van der Waals surface area contributed by atoms with E-state index in [0.29, 0.717) is 32.6 Å². The summed E-state index contributed by atoms with van der Waals surface area (Å²) in [7, 11) is 0. The fraction of sp³-hybridized carbons (Fsp3) is 0.824. The Balaban J connectivity index is 1.85. The molecule has 0 bridgehead atoms. The zero-order chi connectivity index (χ0) is 18.8. The number of hydrogen-bond acceptors (Lipinski definition) is 5. The maximum atomic E-state index is 12.7. The summed E-state index contributed by atoms with van der Waals surface area (Å²) in [5.41, 5.74) is -0.539. The van der Waals surface area contributed by atoms with Gasteiger partial charge >= 0.3 is 6.09 Å². The van der Waals surface area contributed by atoms with Crippen LogP contribution < -0.4 is 5.32 Å². The Kier molecular flexibility index (Phi) is 5.92. The molecule has 25 heavy (non-hydrogen) atoms. The molecule has 2 fully saturated rings. The Hall–Kier alpha value is -1.83. The van der Waals surface area contributed by atoms with Crippen molar-refractivity contribution in [3.63, 3.8) is 0 Å². The normalized spacial score (nSPS) is 25.1. The van der Waals surface area contributed by atoms with E-state index in [0.717, 1.165) is 0 Å². The lowest BCUT2D eigenvalue weighted by Crippen LogP contribution is -2.64. The van der Waals surface area contributed by atoms with Gasteiger partial charge in [0.2, 0.25) is 11.8 Å². The Morgan fingerprint density at radius 3 is 2.28 bits per heavy atom. The molecule has 3 amide bonds. The molecule has 3 atom stereocenters. The van der Waals surface area contributed by atoms with Gasteiger partial charge in [-0.15, -0.1) is 0 Å². The van der Waals surface area contributed by atoms with Gasteiger partial charge in [-0.2, -0.15) is 0 Å². The lowest BCUT2D eigenvalue weighted by Gasteiger charge is -2.42. The first-order chi connectivity index (χ1) is 11.6. The number of nitrogens with one attached hydrogen (secondary N) is 1. The molecule has 2 heterocycles. The molecule has 8 heteroatoms. The Labute approximate surface area is 148 Å². The van der Waals surface area contributed by atoms with E-state index in [1.165, 1.54) is 0 Å². The zero-order valence-corrected chi connectivity index (χ0v) is 15.4. The number of piperazine rings is 1. The van der Waals surface area contributed by atoms with Crippen LogP contribution in [0.3, 0.4) is 0 Å². The van der Waals surface area contributed by atoms with Crippen LogP contribution in [-0.4, -0.2) is 77.2 Å². The number of ether oxygens (including phenoxy) is 1. The van der Waals surface area contributed by atoms with Crippen molar-refractivity contribution >= 4 is 17.9 Å². The number of rotatable bonds is 4. The van der Waals surface area contributed by atoms with Gasteiger partial charge in [-0.1, -0.05) is 6.92 Å². The number of nitrogens with zero attached hydrogens (tertiary/aromatic N) is 2. The van der Waals surface area contributed by atoms with Gasteiger partial charge in [0.15, 0.2) is 0 Å². The molecular formula is C17H29N3O5. The van der Waals surface area contributed by atoms with Crippen molar-refractivity contribution in [1.29, 1.82) is 0 Å².